The fraction of sp³-hybridized carbons (Fsp3) is 0.522. The maximum atomic E-state index is 13.5. The van der Waals surface area contributed by atoms with Gasteiger partial charge in [-0.1, -0.05) is 18.7 Å². The van der Waals surface area contributed by atoms with Crippen LogP contribution in [0.1, 0.15) is 41.7 Å². The number of aryl methyl sites for hydroxylation is 3. The molecule has 1 aliphatic heterocycles. The van der Waals surface area contributed by atoms with E-state index < -0.39 is 0 Å². The molecule has 7 nitrogen and oxygen atoms in total. The van der Waals surface area contributed by atoms with E-state index in [9.17, 15) is 9.59 Å². The molecule has 1 saturated heterocycles. The third-order valence-corrected chi connectivity index (χ3v) is 7.78. The van der Waals surface area contributed by atoms with E-state index >= 15 is 0 Å². The van der Waals surface area contributed by atoms with Crippen LogP contribution in [0.3, 0.4) is 0 Å². The predicted octanol–water partition coefficient (Wildman–Crippen LogP) is 4.16. The van der Waals surface area contributed by atoms with Gasteiger partial charge in [0.1, 0.15) is 16.4 Å². The molecule has 0 aliphatic carbocycles. The molecule has 1 atom stereocenters. The minimum Gasteiger partial charge on any atom is -0.464 e. The van der Waals surface area contributed by atoms with Crippen molar-refractivity contribution in [3.05, 3.63) is 44.4 Å². The van der Waals surface area contributed by atoms with Gasteiger partial charge in [0, 0.05) is 18.5 Å². The van der Waals surface area contributed by atoms with Crippen molar-refractivity contribution in [2.45, 2.75) is 64.4 Å². The minimum absolute atomic E-state index is 0.0108. The monoisotopic (exact) mass is 475 g/mol. The highest BCUT2D eigenvalue weighted by Crippen LogP contribution is 2.30. The maximum absolute atomic E-state index is 13.5. The summed E-state index contributed by atoms with van der Waals surface area (Å²) in [6.07, 6.45) is 2.74. The van der Waals surface area contributed by atoms with E-state index in [4.69, 9.17) is 14.1 Å². The first-order valence-corrected chi connectivity index (χ1v) is 12.7. The Labute approximate surface area is 195 Å². The molecule has 1 fully saturated rings. The summed E-state index contributed by atoms with van der Waals surface area (Å²) in [5.41, 5.74) is 1.05. The van der Waals surface area contributed by atoms with Crippen LogP contribution in [0.2, 0.25) is 0 Å². The van der Waals surface area contributed by atoms with E-state index in [0.717, 1.165) is 52.7 Å². The lowest BCUT2D eigenvalue weighted by atomic mass is 10.1. The summed E-state index contributed by atoms with van der Waals surface area (Å²) in [5, 5.41) is 1.30. The molecule has 32 heavy (non-hydrogen) atoms. The van der Waals surface area contributed by atoms with Crippen LogP contribution in [0.15, 0.2) is 26.5 Å². The minimum atomic E-state index is -0.0429. The summed E-state index contributed by atoms with van der Waals surface area (Å²) < 4.78 is 13.1. The fourth-order valence-corrected chi connectivity index (χ4v) is 6.15. The highest BCUT2D eigenvalue weighted by molar-refractivity contribution is 7.99. The number of nitrogens with zero attached hydrogens (tertiary/aromatic N) is 3. The number of carbonyl (C=O) groups is 1. The molecule has 1 amide bonds. The molecule has 0 spiro atoms. The first-order chi connectivity index (χ1) is 15.4. The van der Waals surface area contributed by atoms with E-state index in [2.05, 4.69) is 6.92 Å². The molecule has 3 aromatic heterocycles. The van der Waals surface area contributed by atoms with E-state index in [-0.39, 0.29) is 23.3 Å². The van der Waals surface area contributed by atoms with Crippen molar-refractivity contribution < 1.29 is 13.9 Å². The highest BCUT2D eigenvalue weighted by Gasteiger charge is 2.23. The first-order valence-electron chi connectivity index (χ1n) is 10.9. The van der Waals surface area contributed by atoms with E-state index in [0.29, 0.717) is 23.6 Å². The number of fused-ring (bicyclic) bond motifs is 1. The molecule has 0 aromatic carbocycles. The molecule has 0 N–H and O–H groups in total. The highest BCUT2D eigenvalue weighted by atomic mass is 32.2. The number of hydrogen-bond donors (Lipinski definition) is 0. The summed E-state index contributed by atoms with van der Waals surface area (Å²) in [6, 6.07) is 3.77. The van der Waals surface area contributed by atoms with Gasteiger partial charge in [-0.3, -0.25) is 14.2 Å². The summed E-state index contributed by atoms with van der Waals surface area (Å²) in [5.74, 6) is 1.73. The van der Waals surface area contributed by atoms with E-state index in [1.165, 1.54) is 11.8 Å². The van der Waals surface area contributed by atoms with Gasteiger partial charge >= 0.3 is 0 Å². The van der Waals surface area contributed by atoms with Crippen LogP contribution >= 0.6 is 23.1 Å². The number of thiophene rings is 1. The molecule has 9 heteroatoms. The standard InChI is InChI=1S/C23H29N3O4S2/c1-5-18-15(3)32-21-20(18)22(28)26(12-16-7-6-10-29-16)23(24-21)31-13-19(27)25(4)11-17-9-8-14(2)30-17/h8-9,16H,5-7,10-13H2,1-4H3. The lowest BCUT2D eigenvalue weighted by Crippen LogP contribution is -2.30. The number of hydrogen-bond acceptors (Lipinski definition) is 7. The molecular formula is C23H29N3O4S2. The Kier molecular flexibility index (Phi) is 7.07. The van der Waals surface area contributed by atoms with Crippen LogP contribution in [-0.2, 0) is 29.0 Å². The lowest BCUT2D eigenvalue weighted by molar-refractivity contribution is -0.127. The van der Waals surface area contributed by atoms with Gasteiger partial charge in [-0.15, -0.1) is 11.3 Å². The van der Waals surface area contributed by atoms with Crippen LogP contribution in [0.25, 0.3) is 10.2 Å². The second-order valence-corrected chi connectivity index (χ2v) is 10.3. The zero-order valence-corrected chi connectivity index (χ0v) is 20.6. The molecular weight excluding hydrogens is 446 g/mol. The van der Waals surface area contributed by atoms with Crippen LogP contribution in [0, 0.1) is 13.8 Å². The molecule has 0 radical (unpaired) electrons. The van der Waals surface area contributed by atoms with Gasteiger partial charge in [-0.05, 0) is 50.8 Å². The zero-order valence-electron chi connectivity index (χ0n) is 19.0. The molecule has 1 aliphatic rings. The summed E-state index contributed by atoms with van der Waals surface area (Å²) in [7, 11) is 1.76. The van der Waals surface area contributed by atoms with Crippen LogP contribution in [-0.4, -0.2) is 45.9 Å². The first kappa shape index (κ1) is 23.1. The Morgan fingerprint density at radius 2 is 2.19 bits per heavy atom. The number of thioether (sulfide) groups is 1. The van der Waals surface area contributed by atoms with E-state index in [1.54, 1.807) is 27.9 Å². The third kappa shape index (κ3) is 4.79. The summed E-state index contributed by atoms with van der Waals surface area (Å²) >= 11 is 2.87. The van der Waals surface area contributed by atoms with Crippen molar-refractivity contribution in [2.24, 2.45) is 0 Å². The van der Waals surface area contributed by atoms with Crippen LogP contribution in [0.5, 0.6) is 0 Å². The Bertz CT molecular complexity index is 1170. The van der Waals surface area contributed by atoms with Gasteiger partial charge < -0.3 is 14.1 Å². The Morgan fingerprint density at radius 1 is 1.38 bits per heavy atom. The van der Waals surface area contributed by atoms with Crippen LogP contribution < -0.4 is 5.56 Å². The molecule has 3 aromatic rings. The smallest absolute Gasteiger partial charge is 0.263 e. The van der Waals surface area contributed by atoms with Gasteiger partial charge in [-0.2, -0.15) is 0 Å². The average molecular weight is 476 g/mol. The zero-order chi connectivity index (χ0) is 22.8. The van der Waals surface area contributed by atoms with Crippen molar-refractivity contribution in [3.63, 3.8) is 0 Å². The largest absolute Gasteiger partial charge is 0.464 e. The predicted molar refractivity (Wildman–Crippen MR) is 128 cm³/mol. The number of rotatable bonds is 8. The fourth-order valence-electron chi connectivity index (χ4n) is 4.05. The van der Waals surface area contributed by atoms with Crippen molar-refractivity contribution in [2.75, 3.05) is 19.4 Å². The van der Waals surface area contributed by atoms with Gasteiger partial charge in [0.05, 0.1) is 30.3 Å². The molecule has 4 heterocycles. The average Bonchev–Trinajstić information content (AvgIpc) is 3.48. The number of ether oxygens (including phenoxy) is 1. The number of carbonyl (C=O) groups excluding carboxylic acids is 1. The molecule has 1 unspecified atom stereocenters. The van der Waals surface area contributed by atoms with E-state index in [1.807, 2.05) is 26.0 Å². The Hall–Kier alpha value is -2.10. The van der Waals surface area contributed by atoms with Gasteiger partial charge in [0.2, 0.25) is 5.91 Å². The normalized spacial score (nSPS) is 16.2. The molecule has 4 rings (SSSR count). The second kappa shape index (κ2) is 9.80. The SMILES string of the molecule is CCc1c(C)sc2nc(SCC(=O)N(C)Cc3ccc(C)o3)n(CC3CCCO3)c(=O)c12. The quantitative estimate of drug-likeness (QED) is 0.360. The summed E-state index contributed by atoms with van der Waals surface area (Å²) in [6.45, 7) is 7.59. The molecule has 172 valence electrons. The number of furan rings is 1. The Morgan fingerprint density at radius 3 is 2.84 bits per heavy atom. The Balaban J connectivity index is 1.58. The van der Waals surface area contributed by atoms with Crippen molar-refractivity contribution >= 4 is 39.2 Å². The third-order valence-electron chi connectivity index (χ3n) is 5.78. The van der Waals surface area contributed by atoms with Crippen LogP contribution in [0.4, 0.5) is 0 Å². The van der Waals surface area contributed by atoms with Crippen molar-refractivity contribution in [1.29, 1.82) is 0 Å². The van der Waals surface area contributed by atoms with Gasteiger partial charge in [0.25, 0.3) is 5.56 Å². The molecule has 0 saturated carbocycles. The van der Waals surface area contributed by atoms with Crippen molar-refractivity contribution in [3.8, 4) is 0 Å². The number of amides is 1. The topological polar surface area (TPSA) is 77.6 Å². The summed E-state index contributed by atoms with van der Waals surface area (Å²) in [4.78, 5) is 34.6. The molecule has 0 bridgehead atoms. The lowest BCUT2D eigenvalue weighted by Gasteiger charge is -2.18. The van der Waals surface area contributed by atoms with Crippen molar-refractivity contribution in [1.82, 2.24) is 14.5 Å². The maximum Gasteiger partial charge on any atom is 0.263 e. The van der Waals surface area contributed by atoms with Gasteiger partial charge in [-0.25, -0.2) is 4.98 Å². The second-order valence-electron chi connectivity index (χ2n) is 8.17. The van der Waals surface area contributed by atoms with Gasteiger partial charge in [0.15, 0.2) is 5.16 Å². The number of aromatic nitrogens is 2.